The number of allylic oxidation sites excluding steroid dienone is 2. The predicted molar refractivity (Wildman–Crippen MR) is 169 cm³/mol. The third-order valence-electron chi connectivity index (χ3n) is 10.2. The lowest BCUT2D eigenvalue weighted by Gasteiger charge is -2.53. The van der Waals surface area contributed by atoms with Crippen molar-refractivity contribution in [3.05, 3.63) is 104 Å². The molecule has 2 bridgehead atoms. The quantitative estimate of drug-likeness (QED) is 0.248. The highest BCUT2D eigenvalue weighted by Crippen LogP contribution is 2.65. The number of anilines is 2. The molecule has 0 radical (unpaired) electrons. The van der Waals surface area contributed by atoms with Gasteiger partial charge in [0.1, 0.15) is 0 Å². The van der Waals surface area contributed by atoms with Crippen LogP contribution in [0.3, 0.4) is 0 Å². The van der Waals surface area contributed by atoms with Crippen molar-refractivity contribution in [2.75, 3.05) is 9.80 Å². The molecule has 0 spiro atoms. The normalized spacial score (nSPS) is 29.1. The molecule has 2 aliphatic heterocycles. The van der Waals surface area contributed by atoms with Gasteiger partial charge >= 0.3 is 0 Å². The third kappa shape index (κ3) is 3.57. The van der Waals surface area contributed by atoms with Crippen LogP contribution in [0.5, 0.6) is 0 Å². The van der Waals surface area contributed by atoms with Crippen LogP contribution in [0.4, 0.5) is 11.4 Å². The molecular formula is C36H33BrN2O4. The van der Waals surface area contributed by atoms with Crippen LogP contribution in [0, 0.1) is 71.1 Å². The number of rotatable bonds is 3. The molecule has 7 heteroatoms. The lowest BCUT2D eigenvalue weighted by Crippen LogP contribution is -2.60. The monoisotopic (exact) mass is 636 g/mol. The molecule has 5 aliphatic rings. The molecule has 4 amide bonds. The molecule has 3 aromatic carbocycles. The molecular weight excluding hydrogens is 604 g/mol. The maximum atomic E-state index is 14.7. The molecule has 6 nitrogen and oxygen atoms in total. The number of imide groups is 2. The van der Waals surface area contributed by atoms with Crippen LogP contribution < -0.4 is 9.80 Å². The summed E-state index contributed by atoms with van der Waals surface area (Å²) in [5.41, 5.74) is 6.31. The Bertz CT molecular complexity index is 1680. The van der Waals surface area contributed by atoms with Crippen molar-refractivity contribution in [1.29, 1.82) is 0 Å². The van der Waals surface area contributed by atoms with Gasteiger partial charge < -0.3 is 0 Å². The molecule has 8 rings (SSSR count). The summed E-state index contributed by atoms with van der Waals surface area (Å²) in [6.45, 7) is 11.7. The Hall–Kier alpha value is -3.84. The lowest BCUT2D eigenvalue weighted by atomic mass is 9.45. The van der Waals surface area contributed by atoms with Crippen LogP contribution in [0.15, 0.2) is 65.2 Å². The molecule has 2 unspecified atom stereocenters. The molecule has 0 aromatic heterocycles. The zero-order chi connectivity index (χ0) is 30.7. The SMILES string of the molecule is Cc1cc(C)c(N2C(=O)[C@@H]3[C@@H](C2=O)C2C=CC3(c3ccc(Br)cc3)[C@H]3C(=O)N(c4c(C)cc(C)cc4C)C(=O)[C@H]23)c(C)c1. The Morgan fingerprint density at radius 1 is 0.605 bits per heavy atom. The number of amides is 4. The number of benzene rings is 3. The van der Waals surface area contributed by atoms with Gasteiger partial charge in [-0.2, -0.15) is 0 Å². The van der Waals surface area contributed by atoms with Crippen LogP contribution in [0.2, 0.25) is 0 Å². The van der Waals surface area contributed by atoms with Crippen molar-refractivity contribution in [2.24, 2.45) is 29.6 Å². The van der Waals surface area contributed by atoms with Crippen molar-refractivity contribution in [3.63, 3.8) is 0 Å². The minimum absolute atomic E-state index is 0.291. The highest BCUT2D eigenvalue weighted by Gasteiger charge is 2.75. The second kappa shape index (κ2) is 9.33. The molecule has 2 heterocycles. The Kier molecular flexibility index (Phi) is 6.07. The highest BCUT2D eigenvalue weighted by molar-refractivity contribution is 9.10. The fourth-order valence-electron chi connectivity index (χ4n) is 8.98. The second-order valence-corrected chi connectivity index (χ2v) is 13.8. The standard InChI is InChI=1S/C36H33BrN2O4/c1-17-13-19(3)30(20(4)14-17)38-32(40)26-25-11-12-36(28(26)34(38)42,23-7-9-24(37)10-8-23)29-27(25)33(41)39(35(29)43)31-21(5)15-18(2)16-22(31)6/h7-16,25-29H,1-6H3/t25?,26-,27+,28-,29+,36?. The Morgan fingerprint density at radius 3 is 1.40 bits per heavy atom. The topological polar surface area (TPSA) is 74.8 Å². The van der Waals surface area contributed by atoms with E-state index in [1.54, 1.807) is 0 Å². The number of carbonyl (C=O) groups excluding carboxylic acids is 4. The van der Waals surface area contributed by atoms with E-state index in [9.17, 15) is 19.2 Å². The minimum atomic E-state index is -1.16. The third-order valence-corrected chi connectivity index (χ3v) is 10.7. The smallest absolute Gasteiger partial charge is 0.238 e. The van der Waals surface area contributed by atoms with Gasteiger partial charge in [-0.15, -0.1) is 0 Å². The van der Waals surface area contributed by atoms with Crippen molar-refractivity contribution in [3.8, 4) is 0 Å². The number of hydrogen-bond donors (Lipinski definition) is 0. The number of nitrogens with zero attached hydrogens (tertiary/aromatic N) is 2. The van der Waals surface area contributed by atoms with Gasteiger partial charge in [0.2, 0.25) is 23.6 Å². The van der Waals surface area contributed by atoms with E-state index in [1.165, 1.54) is 9.80 Å². The lowest BCUT2D eigenvalue weighted by molar-refractivity contribution is -0.140. The Balaban J connectivity index is 1.45. The molecule has 6 atom stereocenters. The van der Waals surface area contributed by atoms with E-state index in [0.717, 1.165) is 43.4 Å². The molecule has 0 N–H and O–H groups in total. The molecule has 218 valence electrons. The highest BCUT2D eigenvalue weighted by atomic mass is 79.9. The summed E-state index contributed by atoms with van der Waals surface area (Å²) >= 11 is 3.52. The summed E-state index contributed by atoms with van der Waals surface area (Å²) in [6, 6.07) is 15.5. The summed E-state index contributed by atoms with van der Waals surface area (Å²) in [5, 5.41) is 0. The van der Waals surface area contributed by atoms with Crippen LogP contribution in [-0.4, -0.2) is 23.6 Å². The van der Waals surface area contributed by atoms with Crippen molar-refractivity contribution in [2.45, 2.75) is 47.0 Å². The first-order valence-electron chi connectivity index (χ1n) is 14.7. The van der Waals surface area contributed by atoms with Gasteiger partial charge in [0.25, 0.3) is 0 Å². The van der Waals surface area contributed by atoms with Gasteiger partial charge in [-0.3, -0.25) is 19.2 Å². The van der Waals surface area contributed by atoms with Gasteiger partial charge in [-0.05, 0) is 81.5 Å². The molecule has 1 saturated carbocycles. The summed E-state index contributed by atoms with van der Waals surface area (Å²) in [4.78, 5) is 61.1. The Labute approximate surface area is 259 Å². The van der Waals surface area contributed by atoms with Gasteiger partial charge in [0.15, 0.2) is 0 Å². The first-order valence-corrected chi connectivity index (χ1v) is 15.5. The summed E-state index contributed by atoms with van der Waals surface area (Å²) < 4.78 is 0.858. The first-order chi connectivity index (χ1) is 20.4. The molecule has 3 aromatic rings. The van der Waals surface area contributed by atoms with Crippen molar-refractivity contribution < 1.29 is 19.2 Å². The van der Waals surface area contributed by atoms with Crippen LogP contribution >= 0.6 is 15.9 Å². The molecule has 2 saturated heterocycles. The van der Waals surface area contributed by atoms with E-state index in [1.807, 2.05) is 102 Å². The van der Waals surface area contributed by atoms with Gasteiger partial charge in [-0.25, -0.2) is 9.80 Å². The fraction of sp³-hybridized carbons (Fsp3) is 0.333. The molecule has 43 heavy (non-hydrogen) atoms. The van der Waals surface area contributed by atoms with E-state index in [2.05, 4.69) is 15.9 Å². The predicted octanol–water partition coefficient (Wildman–Crippen LogP) is 6.35. The average molecular weight is 638 g/mol. The first kappa shape index (κ1) is 28.0. The van der Waals surface area contributed by atoms with E-state index in [4.69, 9.17) is 0 Å². The molecule has 3 aliphatic carbocycles. The summed E-state index contributed by atoms with van der Waals surface area (Å²) in [5.74, 6) is -4.87. The summed E-state index contributed by atoms with van der Waals surface area (Å²) in [7, 11) is 0. The van der Waals surface area contributed by atoms with E-state index in [0.29, 0.717) is 11.4 Å². The largest absolute Gasteiger partial charge is 0.274 e. The average Bonchev–Trinajstić information content (AvgIpc) is 3.36. The number of hydrogen-bond acceptors (Lipinski definition) is 4. The number of halogens is 1. The van der Waals surface area contributed by atoms with Crippen LogP contribution in [-0.2, 0) is 24.6 Å². The van der Waals surface area contributed by atoms with Gasteiger partial charge in [-0.1, -0.05) is 75.6 Å². The van der Waals surface area contributed by atoms with Crippen LogP contribution in [0.1, 0.15) is 38.9 Å². The van der Waals surface area contributed by atoms with Gasteiger partial charge in [0.05, 0.1) is 35.0 Å². The van der Waals surface area contributed by atoms with Crippen LogP contribution in [0.25, 0.3) is 0 Å². The maximum Gasteiger partial charge on any atom is 0.238 e. The zero-order valence-corrected chi connectivity index (χ0v) is 26.7. The van der Waals surface area contributed by atoms with Gasteiger partial charge in [0, 0.05) is 15.8 Å². The maximum absolute atomic E-state index is 14.7. The zero-order valence-electron chi connectivity index (χ0n) is 25.1. The Morgan fingerprint density at radius 2 is 1.00 bits per heavy atom. The minimum Gasteiger partial charge on any atom is -0.274 e. The van der Waals surface area contributed by atoms with E-state index in [-0.39, 0.29) is 23.6 Å². The van der Waals surface area contributed by atoms with Crippen molar-refractivity contribution in [1.82, 2.24) is 0 Å². The van der Waals surface area contributed by atoms with Crippen molar-refractivity contribution >= 4 is 50.9 Å². The summed E-state index contributed by atoms with van der Waals surface area (Å²) in [6.07, 6.45) is 3.91. The number of aryl methyl sites for hydroxylation is 6. The number of carbonyl (C=O) groups is 4. The van der Waals surface area contributed by atoms with E-state index >= 15 is 0 Å². The molecule has 3 fully saturated rings. The fourth-order valence-corrected chi connectivity index (χ4v) is 9.25. The second-order valence-electron chi connectivity index (χ2n) is 12.9. The van der Waals surface area contributed by atoms with E-state index < -0.39 is 35.0 Å².